The van der Waals surface area contributed by atoms with Crippen molar-refractivity contribution in [3.63, 3.8) is 0 Å². The van der Waals surface area contributed by atoms with Crippen LogP contribution in [0.15, 0.2) is 60.8 Å². The number of carbonyl (C=O) groups is 1. The van der Waals surface area contributed by atoms with Gasteiger partial charge >= 0.3 is 12.4 Å². The minimum absolute atomic E-state index is 0.109. The standard InChI is InChI=1S/C22H21F3N6O2/c23-22(24,25)33-19-6-2-1-5-18(19)29-21(32)28-16-9-7-15(8-10-16)27-20-13-17(14-26-30-20)31-11-3-4-12-31/h1-2,5-10,13-14H,3-4,11-12H2,(H,27,30)(H2,28,29,32). The van der Waals surface area contributed by atoms with Gasteiger partial charge in [0.2, 0.25) is 0 Å². The quantitative estimate of drug-likeness (QED) is 0.461. The average molecular weight is 458 g/mol. The van der Waals surface area contributed by atoms with Crippen LogP contribution in [0.4, 0.5) is 46.5 Å². The van der Waals surface area contributed by atoms with Gasteiger partial charge in [-0.05, 0) is 49.2 Å². The molecule has 2 aromatic carbocycles. The molecule has 0 unspecified atom stereocenters. The highest BCUT2D eigenvalue weighted by Gasteiger charge is 2.32. The summed E-state index contributed by atoms with van der Waals surface area (Å²) in [5, 5.41) is 16.2. The van der Waals surface area contributed by atoms with Gasteiger partial charge in [-0.3, -0.25) is 0 Å². The van der Waals surface area contributed by atoms with E-state index in [0.717, 1.165) is 43.4 Å². The fourth-order valence-electron chi connectivity index (χ4n) is 3.42. The third kappa shape index (κ3) is 6.25. The number of hydrogen-bond acceptors (Lipinski definition) is 6. The first-order valence-corrected chi connectivity index (χ1v) is 10.2. The Labute approximate surface area is 187 Å². The van der Waals surface area contributed by atoms with Crippen LogP contribution >= 0.6 is 0 Å². The van der Waals surface area contributed by atoms with Crippen LogP contribution in [0.1, 0.15) is 12.8 Å². The average Bonchev–Trinajstić information content (AvgIpc) is 3.31. The first kappa shape index (κ1) is 22.2. The predicted octanol–water partition coefficient (Wildman–Crippen LogP) is 5.36. The molecule has 172 valence electrons. The lowest BCUT2D eigenvalue weighted by Gasteiger charge is -2.17. The molecule has 2 amide bonds. The van der Waals surface area contributed by atoms with Crippen LogP contribution in [0.5, 0.6) is 5.75 Å². The molecule has 0 atom stereocenters. The van der Waals surface area contributed by atoms with Crippen LogP contribution in [0.2, 0.25) is 0 Å². The van der Waals surface area contributed by atoms with Crippen molar-refractivity contribution < 1.29 is 22.7 Å². The number of nitrogens with one attached hydrogen (secondary N) is 3. The maximum absolute atomic E-state index is 12.5. The number of para-hydroxylation sites is 2. The first-order valence-electron chi connectivity index (χ1n) is 10.2. The van der Waals surface area contributed by atoms with Gasteiger partial charge in [-0.1, -0.05) is 12.1 Å². The Morgan fingerprint density at radius 2 is 1.67 bits per heavy atom. The van der Waals surface area contributed by atoms with Crippen molar-refractivity contribution in [2.75, 3.05) is 33.9 Å². The highest BCUT2D eigenvalue weighted by atomic mass is 19.4. The summed E-state index contributed by atoms with van der Waals surface area (Å²) in [6, 6.07) is 13.3. The molecule has 0 radical (unpaired) electrons. The maximum atomic E-state index is 12.5. The summed E-state index contributed by atoms with van der Waals surface area (Å²) in [5.74, 6) is 0.0936. The summed E-state index contributed by atoms with van der Waals surface area (Å²) in [5.41, 5.74) is 2.08. The van der Waals surface area contributed by atoms with Gasteiger partial charge in [-0.25, -0.2) is 4.79 Å². The summed E-state index contributed by atoms with van der Waals surface area (Å²) in [6.45, 7) is 2.00. The van der Waals surface area contributed by atoms with Gasteiger partial charge in [0.1, 0.15) is 0 Å². The molecule has 11 heteroatoms. The van der Waals surface area contributed by atoms with Crippen molar-refractivity contribution in [3.05, 3.63) is 60.8 Å². The molecule has 3 aromatic rings. The van der Waals surface area contributed by atoms with Crippen molar-refractivity contribution >= 4 is 34.6 Å². The molecule has 2 heterocycles. The lowest BCUT2D eigenvalue weighted by Crippen LogP contribution is -2.22. The molecule has 3 N–H and O–H groups in total. The molecule has 0 bridgehead atoms. The lowest BCUT2D eigenvalue weighted by molar-refractivity contribution is -0.274. The van der Waals surface area contributed by atoms with Crippen LogP contribution < -0.4 is 25.6 Å². The van der Waals surface area contributed by atoms with E-state index in [-0.39, 0.29) is 5.69 Å². The van der Waals surface area contributed by atoms with Crippen molar-refractivity contribution in [1.29, 1.82) is 0 Å². The van der Waals surface area contributed by atoms with E-state index < -0.39 is 18.1 Å². The van der Waals surface area contributed by atoms with E-state index in [1.807, 2.05) is 6.07 Å². The molecule has 0 saturated carbocycles. The molecular weight excluding hydrogens is 437 g/mol. The zero-order valence-corrected chi connectivity index (χ0v) is 17.4. The van der Waals surface area contributed by atoms with Gasteiger partial charge in [-0.15, -0.1) is 18.3 Å². The number of halogens is 3. The van der Waals surface area contributed by atoms with Gasteiger partial charge in [0.15, 0.2) is 11.6 Å². The Kier molecular flexibility index (Phi) is 6.48. The van der Waals surface area contributed by atoms with Gasteiger partial charge in [0.25, 0.3) is 0 Å². The van der Waals surface area contributed by atoms with E-state index >= 15 is 0 Å². The summed E-state index contributed by atoms with van der Waals surface area (Å²) >= 11 is 0. The molecule has 0 aliphatic carbocycles. The first-order chi connectivity index (χ1) is 15.9. The second kappa shape index (κ2) is 9.63. The monoisotopic (exact) mass is 458 g/mol. The summed E-state index contributed by atoms with van der Waals surface area (Å²) < 4.78 is 41.5. The largest absolute Gasteiger partial charge is 0.573 e. The summed E-state index contributed by atoms with van der Waals surface area (Å²) in [7, 11) is 0. The zero-order valence-electron chi connectivity index (χ0n) is 17.4. The number of alkyl halides is 3. The Balaban J connectivity index is 1.36. The van der Waals surface area contributed by atoms with Crippen molar-refractivity contribution in [1.82, 2.24) is 10.2 Å². The predicted molar refractivity (Wildman–Crippen MR) is 119 cm³/mol. The molecule has 1 aliphatic rings. The highest BCUT2D eigenvalue weighted by molar-refractivity contribution is 6.00. The normalized spacial score (nSPS) is 13.5. The van der Waals surface area contributed by atoms with E-state index in [2.05, 4.69) is 35.8 Å². The molecule has 33 heavy (non-hydrogen) atoms. The minimum Gasteiger partial charge on any atom is -0.404 e. The lowest BCUT2D eigenvalue weighted by atomic mass is 10.2. The highest BCUT2D eigenvalue weighted by Crippen LogP contribution is 2.30. The minimum atomic E-state index is -4.87. The van der Waals surface area contributed by atoms with Crippen molar-refractivity contribution in [2.45, 2.75) is 19.2 Å². The number of amides is 2. The van der Waals surface area contributed by atoms with Crippen molar-refractivity contribution in [2.24, 2.45) is 0 Å². The maximum Gasteiger partial charge on any atom is 0.573 e. The van der Waals surface area contributed by atoms with Crippen molar-refractivity contribution in [3.8, 4) is 5.75 Å². The van der Waals surface area contributed by atoms with E-state index in [9.17, 15) is 18.0 Å². The Morgan fingerprint density at radius 3 is 2.39 bits per heavy atom. The number of ether oxygens (including phenoxy) is 1. The topological polar surface area (TPSA) is 91.4 Å². The third-order valence-electron chi connectivity index (χ3n) is 4.89. The number of rotatable bonds is 6. The van der Waals surface area contributed by atoms with E-state index in [4.69, 9.17) is 0 Å². The summed E-state index contributed by atoms with van der Waals surface area (Å²) in [6.07, 6.45) is -0.808. The van der Waals surface area contributed by atoms with E-state index in [1.54, 1.807) is 30.5 Å². The molecular formula is C22H21F3N6O2. The van der Waals surface area contributed by atoms with Gasteiger partial charge < -0.3 is 25.6 Å². The Morgan fingerprint density at radius 1 is 0.970 bits per heavy atom. The van der Waals surface area contributed by atoms with Crippen LogP contribution in [-0.4, -0.2) is 35.7 Å². The molecule has 4 rings (SSSR count). The molecule has 1 aliphatic heterocycles. The van der Waals surface area contributed by atoms with Gasteiger partial charge in [-0.2, -0.15) is 5.10 Å². The number of benzene rings is 2. The Bertz CT molecular complexity index is 1100. The zero-order chi connectivity index (χ0) is 23.3. The number of aromatic nitrogens is 2. The van der Waals surface area contributed by atoms with Crippen LogP contribution in [0.3, 0.4) is 0 Å². The molecule has 8 nitrogen and oxygen atoms in total. The van der Waals surface area contributed by atoms with Gasteiger partial charge in [0.05, 0.1) is 17.6 Å². The fraction of sp³-hybridized carbons (Fsp3) is 0.227. The van der Waals surface area contributed by atoms with E-state index in [1.165, 1.54) is 18.2 Å². The number of nitrogens with zero attached hydrogens (tertiary/aromatic N) is 3. The molecule has 1 aromatic heterocycles. The van der Waals surface area contributed by atoms with E-state index in [0.29, 0.717) is 11.5 Å². The second-order valence-corrected chi connectivity index (χ2v) is 7.32. The smallest absolute Gasteiger partial charge is 0.404 e. The third-order valence-corrected chi connectivity index (χ3v) is 4.89. The number of hydrogen-bond donors (Lipinski definition) is 3. The molecule has 1 saturated heterocycles. The Hall–Kier alpha value is -4.02. The van der Waals surface area contributed by atoms with Crippen LogP contribution in [0, 0.1) is 0 Å². The van der Waals surface area contributed by atoms with Crippen LogP contribution in [0.25, 0.3) is 0 Å². The number of anilines is 5. The SMILES string of the molecule is O=C(Nc1ccc(Nc2cc(N3CCCC3)cnn2)cc1)Nc1ccccc1OC(F)(F)F. The number of urea groups is 1. The number of carbonyl (C=O) groups excluding carboxylic acids is 1. The fourth-order valence-corrected chi connectivity index (χ4v) is 3.42. The van der Waals surface area contributed by atoms with Crippen LogP contribution in [-0.2, 0) is 0 Å². The molecule has 1 fully saturated rings. The summed E-state index contributed by atoms with van der Waals surface area (Å²) in [4.78, 5) is 14.5. The van der Waals surface area contributed by atoms with Gasteiger partial charge in [0, 0.05) is 30.5 Å². The molecule has 0 spiro atoms. The second-order valence-electron chi connectivity index (χ2n) is 7.32.